The van der Waals surface area contributed by atoms with E-state index in [1.54, 1.807) is 0 Å². The van der Waals surface area contributed by atoms with E-state index in [9.17, 15) is 0 Å². The minimum Gasteiger partial charge on any atom is -0.361 e. The van der Waals surface area contributed by atoms with E-state index in [2.05, 4.69) is 16.7 Å². The molecular formula is C14H15N3. The van der Waals surface area contributed by atoms with Gasteiger partial charge in [-0.05, 0) is 24.6 Å². The number of para-hydroxylation sites is 1. The zero-order valence-electron chi connectivity index (χ0n) is 9.93. The van der Waals surface area contributed by atoms with Crippen LogP contribution in [0.2, 0.25) is 0 Å². The average molecular weight is 225 g/mol. The lowest BCUT2D eigenvalue weighted by Gasteiger charge is -2.09. The average Bonchev–Trinajstić information content (AvgIpc) is 2.40. The Morgan fingerprint density at radius 1 is 1.24 bits per heavy atom. The van der Waals surface area contributed by atoms with E-state index in [-0.39, 0.29) is 0 Å². The first-order valence-corrected chi connectivity index (χ1v) is 5.88. The quantitative estimate of drug-likeness (QED) is 0.546. The van der Waals surface area contributed by atoms with Crippen molar-refractivity contribution in [3.05, 3.63) is 47.5 Å². The molecule has 1 aliphatic rings. The molecule has 86 valence electrons. The molecule has 1 aliphatic carbocycles. The Kier molecular flexibility index (Phi) is 3.63. The molecule has 0 saturated heterocycles. The number of hydrogen-bond acceptors (Lipinski definition) is 1. The van der Waals surface area contributed by atoms with Gasteiger partial charge in [-0.2, -0.15) is 4.79 Å². The van der Waals surface area contributed by atoms with Gasteiger partial charge in [-0.15, -0.1) is 0 Å². The highest BCUT2D eigenvalue weighted by molar-refractivity contribution is 6.11. The Morgan fingerprint density at radius 3 is 2.65 bits per heavy atom. The monoisotopic (exact) mass is 225 g/mol. The van der Waals surface area contributed by atoms with Crippen LogP contribution in [0.3, 0.4) is 0 Å². The van der Waals surface area contributed by atoms with E-state index in [0.717, 1.165) is 41.9 Å². The van der Waals surface area contributed by atoms with Crippen LogP contribution in [0.15, 0.2) is 47.0 Å². The molecule has 0 atom stereocenters. The molecule has 0 aliphatic heterocycles. The minimum atomic E-state index is 0.766. The highest BCUT2D eigenvalue weighted by Gasteiger charge is 2.20. The van der Waals surface area contributed by atoms with Gasteiger partial charge in [0, 0.05) is 17.7 Å². The molecule has 0 spiro atoms. The Hall–Kier alpha value is -1.99. The normalized spacial score (nSPS) is 17.8. The second-order valence-electron chi connectivity index (χ2n) is 4.01. The van der Waals surface area contributed by atoms with E-state index in [1.807, 2.05) is 36.4 Å². The van der Waals surface area contributed by atoms with Crippen LogP contribution < -0.4 is 0 Å². The van der Waals surface area contributed by atoms with Gasteiger partial charge in [0.15, 0.2) is 0 Å². The molecule has 0 unspecified atom stereocenters. The van der Waals surface area contributed by atoms with Crippen molar-refractivity contribution in [1.29, 1.82) is 0 Å². The van der Waals surface area contributed by atoms with Crippen LogP contribution in [0.1, 0.15) is 26.2 Å². The first-order chi connectivity index (χ1) is 8.33. The van der Waals surface area contributed by atoms with E-state index in [0.29, 0.717) is 0 Å². The molecule has 17 heavy (non-hydrogen) atoms. The number of benzene rings is 1. The smallest absolute Gasteiger partial charge is 0.295 e. The summed E-state index contributed by atoms with van der Waals surface area (Å²) < 4.78 is 0. The fourth-order valence-electron chi connectivity index (χ4n) is 1.94. The third kappa shape index (κ3) is 2.77. The number of aliphatic imine (C=N–C) groups is 1. The van der Waals surface area contributed by atoms with Gasteiger partial charge in [0.2, 0.25) is 0 Å². The second kappa shape index (κ2) is 5.37. The van der Waals surface area contributed by atoms with Crippen molar-refractivity contribution in [3.8, 4) is 0 Å². The fourth-order valence-corrected chi connectivity index (χ4v) is 1.94. The Balaban J connectivity index is 2.31. The molecule has 0 fully saturated rings. The molecule has 3 nitrogen and oxygen atoms in total. The van der Waals surface area contributed by atoms with E-state index in [4.69, 9.17) is 5.53 Å². The highest BCUT2D eigenvalue weighted by atomic mass is 14.9. The second-order valence-corrected chi connectivity index (χ2v) is 4.01. The summed E-state index contributed by atoms with van der Waals surface area (Å²) in [5.74, 6) is 0. The van der Waals surface area contributed by atoms with Gasteiger partial charge in [0.25, 0.3) is 5.71 Å². The molecular weight excluding hydrogens is 210 g/mol. The summed E-state index contributed by atoms with van der Waals surface area (Å²) in [7, 11) is 0. The zero-order valence-corrected chi connectivity index (χ0v) is 9.93. The Labute approximate surface area is 101 Å². The predicted molar refractivity (Wildman–Crippen MR) is 69.8 cm³/mol. The maximum Gasteiger partial charge on any atom is 0.295 e. The predicted octanol–water partition coefficient (Wildman–Crippen LogP) is 3.56. The van der Waals surface area contributed by atoms with Gasteiger partial charge < -0.3 is 5.53 Å². The standard InChI is InChI=1S/C14H15N3/c1-2-11-10-13(8-9-14(11)17-15)16-12-6-4-3-5-7-12/h3-7,10H,2,8-9H2,1H3. The van der Waals surface area contributed by atoms with Crippen LogP contribution in [-0.4, -0.2) is 16.2 Å². The van der Waals surface area contributed by atoms with Crippen LogP contribution in [0, 0.1) is 0 Å². The summed E-state index contributed by atoms with van der Waals surface area (Å²) in [6, 6.07) is 9.92. The minimum absolute atomic E-state index is 0.766. The van der Waals surface area contributed by atoms with Gasteiger partial charge in [-0.1, -0.05) is 25.1 Å². The Morgan fingerprint density at radius 2 is 2.00 bits per heavy atom. The van der Waals surface area contributed by atoms with E-state index in [1.165, 1.54) is 0 Å². The first kappa shape index (κ1) is 11.5. The maximum absolute atomic E-state index is 8.88. The third-order valence-electron chi connectivity index (χ3n) is 2.86. The number of nitrogens with zero attached hydrogens (tertiary/aromatic N) is 3. The summed E-state index contributed by atoms with van der Waals surface area (Å²) in [6.45, 7) is 2.06. The Bertz CT molecular complexity index is 506. The van der Waals surface area contributed by atoms with Crippen molar-refractivity contribution in [2.75, 3.05) is 0 Å². The highest BCUT2D eigenvalue weighted by Crippen LogP contribution is 2.19. The molecule has 0 heterocycles. The van der Waals surface area contributed by atoms with Crippen LogP contribution in [-0.2, 0) is 0 Å². The van der Waals surface area contributed by atoms with Crippen molar-refractivity contribution in [2.45, 2.75) is 26.2 Å². The van der Waals surface area contributed by atoms with Crippen molar-refractivity contribution >= 4 is 17.1 Å². The van der Waals surface area contributed by atoms with Gasteiger partial charge >= 0.3 is 0 Å². The van der Waals surface area contributed by atoms with E-state index < -0.39 is 0 Å². The molecule has 0 saturated carbocycles. The third-order valence-corrected chi connectivity index (χ3v) is 2.86. The van der Waals surface area contributed by atoms with Crippen LogP contribution in [0.4, 0.5) is 5.69 Å². The first-order valence-electron chi connectivity index (χ1n) is 5.88. The molecule has 3 heteroatoms. The number of hydrogen-bond donors (Lipinski definition) is 0. The molecule has 1 aromatic carbocycles. The summed E-state index contributed by atoms with van der Waals surface area (Å²) in [5.41, 5.74) is 12.8. The molecule has 0 radical (unpaired) electrons. The summed E-state index contributed by atoms with van der Waals surface area (Å²) in [6.07, 6.45) is 4.50. The lowest BCUT2D eigenvalue weighted by Crippen LogP contribution is -2.14. The van der Waals surface area contributed by atoms with Gasteiger partial charge in [0.1, 0.15) is 0 Å². The molecule has 2 rings (SSSR count). The van der Waals surface area contributed by atoms with Crippen LogP contribution >= 0.6 is 0 Å². The summed E-state index contributed by atoms with van der Waals surface area (Å²) in [4.78, 5) is 7.92. The zero-order chi connectivity index (χ0) is 12.1. The summed E-state index contributed by atoms with van der Waals surface area (Å²) >= 11 is 0. The van der Waals surface area contributed by atoms with Crippen LogP contribution in [0.5, 0.6) is 0 Å². The fraction of sp³-hybridized carbons (Fsp3) is 0.286. The lowest BCUT2D eigenvalue weighted by molar-refractivity contribution is -0.00751. The van der Waals surface area contributed by atoms with Crippen molar-refractivity contribution in [1.82, 2.24) is 0 Å². The lowest BCUT2D eigenvalue weighted by atomic mass is 9.94. The number of allylic oxidation sites excluding steroid dienone is 2. The topological polar surface area (TPSA) is 48.8 Å². The van der Waals surface area contributed by atoms with Crippen molar-refractivity contribution < 1.29 is 4.79 Å². The van der Waals surface area contributed by atoms with Gasteiger partial charge in [-0.25, -0.2) is 0 Å². The summed E-state index contributed by atoms with van der Waals surface area (Å²) in [5, 5.41) is 0. The maximum atomic E-state index is 8.88. The molecule has 0 amide bonds. The van der Waals surface area contributed by atoms with Gasteiger partial charge in [0.05, 0.1) is 12.1 Å². The van der Waals surface area contributed by atoms with Crippen LogP contribution in [0.25, 0.3) is 5.53 Å². The molecule has 1 aromatic rings. The van der Waals surface area contributed by atoms with Gasteiger partial charge in [-0.3, -0.25) is 4.99 Å². The van der Waals surface area contributed by atoms with Crippen molar-refractivity contribution in [3.63, 3.8) is 0 Å². The largest absolute Gasteiger partial charge is 0.361 e. The molecule has 0 aromatic heterocycles. The number of rotatable bonds is 2. The molecule has 0 bridgehead atoms. The SMILES string of the molecule is CCC1=CC(=Nc2ccccc2)CCC1=[N+]=[N-]. The van der Waals surface area contributed by atoms with E-state index >= 15 is 0 Å². The molecule has 0 N–H and O–H groups in total. The van der Waals surface area contributed by atoms with Crippen molar-refractivity contribution in [2.24, 2.45) is 4.99 Å².